The standard InChI is InChI=1S/C17H20ClF3N4O/c1-2-3-4-12(9-22)24-16(26)14-10-23-25(15(14)17(19,20)21)13-7-5-11(18)6-8-13/h5-8,10,12H,2-4,9,22H2,1H3,(H,24,26). The molecule has 0 bridgehead atoms. The molecule has 5 nitrogen and oxygen atoms in total. The van der Waals surface area contributed by atoms with Crippen molar-refractivity contribution in [1.82, 2.24) is 15.1 Å². The molecular weight excluding hydrogens is 369 g/mol. The Balaban J connectivity index is 2.37. The first-order valence-electron chi connectivity index (χ1n) is 8.20. The van der Waals surface area contributed by atoms with Crippen LogP contribution < -0.4 is 11.1 Å². The predicted octanol–water partition coefficient (Wildman–Crippen LogP) is 3.79. The van der Waals surface area contributed by atoms with Crippen LogP contribution in [0.5, 0.6) is 0 Å². The van der Waals surface area contributed by atoms with E-state index >= 15 is 0 Å². The minimum absolute atomic E-state index is 0.151. The molecule has 0 saturated heterocycles. The van der Waals surface area contributed by atoms with Crippen LogP contribution in [0.15, 0.2) is 30.5 Å². The van der Waals surface area contributed by atoms with Crippen LogP contribution in [0.25, 0.3) is 5.69 Å². The largest absolute Gasteiger partial charge is 0.434 e. The lowest BCUT2D eigenvalue weighted by Gasteiger charge is -2.17. The molecule has 1 heterocycles. The minimum Gasteiger partial charge on any atom is -0.348 e. The number of halogens is 4. The average molecular weight is 389 g/mol. The van der Waals surface area contributed by atoms with Gasteiger partial charge in [-0.2, -0.15) is 18.3 Å². The number of aromatic nitrogens is 2. The Morgan fingerprint density at radius 3 is 2.54 bits per heavy atom. The fourth-order valence-corrected chi connectivity index (χ4v) is 2.65. The Morgan fingerprint density at radius 2 is 2.00 bits per heavy atom. The monoisotopic (exact) mass is 388 g/mol. The van der Waals surface area contributed by atoms with Crippen LogP contribution in [0.1, 0.15) is 42.2 Å². The van der Waals surface area contributed by atoms with Crippen molar-refractivity contribution in [2.24, 2.45) is 5.73 Å². The summed E-state index contributed by atoms with van der Waals surface area (Å²) in [5.74, 6) is -0.843. The molecule has 26 heavy (non-hydrogen) atoms. The van der Waals surface area contributed by atoms with Gasteiger partial charge in [0.25, 0.3) is 5.91 Å². The maximum Gasteiger partial charge on any atom is 0.434 e. The number of unbranched alkanes of at least 4 members (excludes halogenated alkanes) is 1. The van der Waals surface area contributed by atoms with Crippen molar-refractivity contribution in [2.45, 2.75) is 38.4 Å². The van der Waals surface area contributed by atoms with Crippen molar-refractivity contribution in [1.29, 1.82) is 0 Å². The summed E-state index contributed by atoms with van der Waals surface area (Å²) in [6.07, 6.45) is -1.52. The van der Waals surface area contributed by atoms with E-state index in [1.807, 2.05) is 6.92 Å². The van der Waals surface area contributed by atoms with Gasteiger partial charge in [0.2, 0.25) is 0 Å². The van der Waals surface area contributed by atoms with Crippen LogP contribution in [0, 0.1) is 0 Å². The third kappa shape index (κ3) is 4.76. The van der Waals surface area contributed by atoms with Crippen molar-refractivity contribution in [3.8, 4) is 5.69 Å². The zero-order chi connectivity index (χ0) is 19.3. The fraction of sp³-hybridized carbons (Fsp3) is 0.412. The third-order valence-electron chi connectivity index (χ3n) is 3.88. The second-order valence-corrected chi connectivity index (χ2v) is 6.28. The summed E-state index contributed by atoms with van der Waals surface area (Å²) in [6.45, 7) is 2.13. The van der Waals surface area contributed by atoms with Crippen molar-refractivity contribution in [3.05, 3.63) is 46.7 Å². The van der Waals surface area contributed by atoms with Crippen LogP contribution in [0.4, 0.5) is 13.2 Å². The van der Waals surface area contributed by atoms with Gasteiger partial charge in [-0.1, -0.05) is 31.4 Å². The number of rotatable bonds is 7. The van der Waals surface area contributed by atoms with Gasteiger partial charge in [0.15, 0.2) is 5.69 Å². The Hall–Kier alpha value is -2.06. The maximum absolute atomic E-state index is 13.6. The highest BCUT2D eigenvalue weighted by Crippen LogP contribution is 2.33. The van der Waals surface area contributed by atoms with Gasteiger partial charge in [-0.3, -0.25) is 4.79 Å². The molecule has 0 aliphatic heterocycles. The van der Waals surface area contributed by atoms with Crippen molar-refractivity contribution in [2.75, 3.05) is 6.54 Å². The van der Waals surface area contributed by atoms with E-state index in [0.29, 0.717) is 16.1 Å². The SMILES string of the molecule is CCCCC(CN)NC(=O)c1cnn(-c2ccc(Cl)cc2)c1C(F)(F)F. The first-order chi connectivity index (χ1) is 12.3. The molecule has 1 amide bonds. The minimum atomic E-state index is -4.76. The van der Waals surface area contributed by atoms with Gasteiger partial charge in [0.05, 0.1) is 17.4 Å². The smallest absolute Gasteiger partial charge is 0.348 e. The molecule has 0 radical (unpaired) electrons. The molecule has 2 rings (SSSR count). The molecule has 1 aromatic carbocycles. The Bertz CT molecular complexity index is 743. The second-order valence-electron chi connectivity index (χ2n) is 5.84. The van der Waals surface area contributed by atoms with E-state index in [1.165, 1.54) is 24.3 Å². The number of amides is 1. The van der Waals surface area contributed by atoms with Crippen LogP contribution >= 0.6 is 11.6 Å². The van der Waals surface area contributed by atoms with Gasteiger partial charge in [0.1, 0.15) is 0 Å². The summed E-state index contributed by atoms with van der Waals surface area (Å²) in [4.78, 5) is 12.4. The van der Waals surface area contributed by atoms with Gasteiger partial charge in [-0.05, 0) is 30.7 Å². The highest BCUT2D eigenvalue weighted by Gasteiger charge is 2.40. The number of nitrogens with one attached hydrogen (secondary N) is 1. The van der Waals surface area contributed by atoms with Crippen molar-refractivity contribution >= 4 is 17.5 Å². The van der Waals surface area contributed by atoms with Crippen LogP contribution in [0.3, 0.4) is 0 Å². The number of carbonyl (C=O) groups is 1. The van der Waals surface area contributed by atoms with E-state index in [9.17, 15) is 18.0 Å². The average Bonchev–Trinajstić information content (AvgIpc) is 3.04. The fourth-order valence-electron chi connectivity index (χ4n) is 2.53. The number of hydrogen-bond acceptors (Lipinski definition) is 3. The molecule has 1 unspecified atom stereocenters. The molecule has 0 fully saturated rings. The number of nitrogens with zero attached hydrogens (tertiary/aromatic N) is 2. The molecule has 0 aliphatic rings. The van der Waals surface area contributed by atoms with Gasteiger partial charge in [0, 0.05) is 17.6 Å². The van der Waals surface area contributed by atoms with Crippen LogP contribution in [-0.4, -0.2) is 28.3 Å². The molecule has 3 N–H and O–H groups in total. The van der Waals surface area contributed by atoms with E-state index in [2.05, 4.69) is 10.4 Å². The van der Waals surface area contributed by atoms with E-state index in [4.69, 9.17) is 17.3 Å². The number of hydrogen-bond donors (Lipinski definition) is 2. The van der Waals surface area contributed by atoms with Crippen LogP contribution in [-0.2, 0) is 6.18 Å². The van der Waals surface area contributed by atoms with E-state index in [1.54, 1.807) is 0 Å². The quantitative estimate of drug-likeness (QED) is 0.757. The summed E-state index contributed by atoms with van der Waals surface area (Å²) >= 11 is 5.77. The van der Waals surface area contributed by atoms with Gasteiger partial charge in [-0.15, -0.1) is 0 Å². The van der Waals surface area contributed by atoms with Gasteiger partial charge < -0.3 is 11.1 Å². The predicted molar refractivity (Wildman–Crippen MR) is 93.4 cm³/mol. The molecule has 1 atom stereocenters. The molecule has 0 aliphatic carbocycles. The lowest BCUT2D eigenvalue weighted by molar-refractivity contribution is -0.143. The van der Waals surface area contributed by atoms with Crippen molar-refractivity contribution in [3.63, 3.8) is 0 Å². The first kappa shape index (κ1) is 20.3. The summed E-state index contributed by atoms with van der Waals surface area (Å²) in [5, 5.41) is 6.71. The number of nitrogens with two attached hydrogens (primary N) is 1. The first-order valence-corrected chi connectivity index (χ1v) is 8.57. The summed E-state index contributed by atoms with van der Waals surface area (Å²) in [6, 6.07) is 5.32. The Morgan fingerprint density at radius 1 is 1.35 bits per heavy atom. The molecular formula is C17H20ClF3N4O. The normalized spacial score (nSPS) is 12.8. The zero-order valence-electron chi connectivity index (χ0n) is 14.2. The number of benzene rings is 1. The maximum atomic E-state index is 13.6. The Kier molecular flexibility index (Phi) is 6.66. The second kappa shape index (κ2) is 8.55. The topological polar surface area (TPSA) is 72.9 Å². The zero-order valence-corrected chi connectivity index (χ0v) is 14.9. The molecule has 142 valence electrons. The molecule has 9 heteroatoms. The van der Waals surface area contributed by atoms with Crippen LogP contribution in [0.2, 0.25) is 5.02 Å². The highest BCUT2D eigenvalue weighted by molar-refractivity contribution is 6.30. The summed E-state index contributed by atoms with van der Waals surface area (Å²) in [5.41, 5.74) is 4.08. The molecule has 1 aromatic heterocycles. The van der Waals surface area contributed by atoms with Gasteiger partial charge >= 0.3 is 6.18 Å². The lowest BCUT2D eigenvalue weighted by Crippen LogP contribution is -2.40. The van der Waals surface area contributed by atoms with Crippen molar-refractivity contribution < 1.29 is 18.0 Å². The Labute approximate surface area is 154 Å². The van der Waals surface area contributed by atoms with E-state index in [-0.39, 0.29) is 18.3 Å². The summed E-state index contributed by atoms with van der Waals surface area (Å²) in [7, 11) is 0. The lowest BCUT2D eigenvalue weighted by atomic mass is 10.1. The number of carbonyl (C=O) groups excluding carboxylic acids is 1. The van der Waals surface area contributed by atoms with E-state index in [0.717, 1.165) is 19.0 Å². The van der Waals surface area contributed by atoms with Gasteiger partial charge in [-0.25, -0.2) is 4.68 Å². The van der Waals surface area contributed by atoms with E-state index < -0.39 is 23.3 Å². The summed E-state index contributed by atoms with van der Waals surface area (Å²) < 4.78 is 41.5. The molecule has 0 saturated carbocycles. The molecule has 2 aromatic rings. The highest BCUT2D eigenvalue weighted by atomic mass is 35.5. The third-order valence-corrected chi connectivity index (χ3v) is 4.13. The number of alkyl halides is 3. The molecule has 0 spiro atoms.